The largest absolute Gasteiger partial charge is 0.494 e. The van der Waals surface area contributed by atoms with Gasteiger partial charge in [-0.25, -0.2) is 4.39 Å². The third kappa shape index (κ3) is 2.54. The molecular formula is C16H16FNO2. The summed E-state index contributed by atoms with van der Waals surface area (Å²) in [7, 11) is 1.53. The van der Waals surface area contributed by atoms with Crippen molar-refractivity contribution < 1.29 is 13.9 Å². The standard InChI is InChI=1S/C16H16FNO2/c1-19-16-9-12(17)6-7-14(16)18-10-13-8-11-4-2-3-5-15(11)20-13/h2-7,9,13,18H,8,10H2,1H3. The van der Waals surface area contributed by atoms with E-state index in [0.29, 0.717) is 12.3 Å². The Labute approximate surface area is 117 Å². The molecule has 2 aromatic rings. The van der Waals surface area contributed by atoms with Crippen LogP contribution < -0.4 is 14.8 Å². The van der Waals surface area contributed by atoms with Gasteiger partial charge in [-0.15, -0.1) is 0 Å². The molecule has 0 amide bonds. The molecule has 0 aromatic heterocycles. The number of nitrogens with one attached hydrogen (secondary N) is 1. The van der Waals surface area contributed by atoms with E-state index in [9.17, 15) is 4.39 Å². The molecule has 1 heterocycles. The lowest BCUT2D eigenvalue weighted by Crippen LogP contribution is -2.24. The van der Waals surface area contributed by atoms with E-state index < -0.39 is 0 Å². The number of hydrogen-bond donors (Lipinski definition) is 1. The summed E-state index contributed by atoms with van der Waals surface area (Å²) in [4.78, 5) is 0. The molecule has 0 fully saturated rings. The third-order valence-corrected chi connectivity index (χ3v) is 3.40. The van der Waals surface area contributed by atoms with Crippen LogP contribution >= 0.6 is 0 Å². The SMILES string of the molecule is COc1cc(F)ccc1NCC1Cc2ccccc2O1. The average Bonchev–Trinajstić information content (AvgIpc) is 2.88. The van der Waals surface area contributed by atoms with Gasteiger partial charge in [0, 0.05) is 12.5 Å². The highest BCUT2D eigenvalue weighted by Crippen LogP contribution is 2.29. The van der Waals surface area contributed by atoms with Crippen molar-refractivity contribution in [2.75, 3.05) is 19.0 Å². The maximum atomic E-state index is 13.1. The van der Waals surface area contributed by atoms with E-state index in [4.69, 9.17) is 9.47 Å². The molecule has 2 aromatic carbocycles. The zero-order valence-electron chi connectivity index (χ0n) is 11.2. The Morgan fingerprint density at radius 3 is 2.95 bits per heavy atom. The minimum Gasteiger partial charge on any atom is -0.494 e. The van der Waals surface area contributed by atoms with Gasteiger partial charge in [-0.2, -0.15) is 0 Å². The summed E-state index contributed by atoms with van der Waals surface area (Å²) in [5.41, 5.74) is 2.00. The van der Waals surface area contributed by atoms with Gasteiger partial charge in [0.2, 0.25) is 0 Å². The maximum Gasteiger partial charge on any atom is 0.144 e. The van der Waals surface area contributed by atoms with E-state index in [1.165, 1.54) is 24.8 Å². The van der Waals surface area contributed by atoms with Gasteiger partial charge in [0.05, 0.1) is 19.3 Å². The number of halogens is 1. The van der Waals surface area contributed by atoms with Gasteiger partial charge in [0.1, 0.15) is 23.4 Å². The molecule has 1 aliphatic rings. The van der Waals surface area contributed by atoms with Gasteiger partial charge in [0.15, 0.2) is 0 Å². The lowest BCUT2D eigenvalue weighted by atomic mass is 10.1. The van der Waals surface area contributed by atoms with Gasteiger partial charge >= 0.3 is 0 Å². The Bertz CT molecular complexity index is 590. The molecule has 1 unspecified atom stereocenters. The first kappa shape index (κ1) is 12.8. The molecule has 3 nitrogen and oxygen atoms in total. The van der Waals surface area contributed by atoms with E-state index in [1.54, 1.807) is 6.07 Å². The van der Waals surface area contributed by atoms with Crippen LogP contribution in [0.3, 0.4) is 0 Å². The predicted octanol–water partition coefficient (Wildman–Crippen LogP) is 3.25. The second-order valence-corrected chi connectivity index (χ2v) is 4.78. The summed E-state index contributed by atoms with van der Waals surface area (Å²) < 4.78 is 24.1. The van der Waals surface area contributed by atoms with Crippen molar-refractivity contribution >= 4 is 5.69 Å². The second kappa shape index (κ2) is 5.41. The van der Waals surface area contributed by atoms with Crippen LogP contribution in [-0.4, -0.2) is 19.8 Å². The van der Waals surface area contributed by atoms with Gasteiger partial charge < -0.3 is 14.8 Å². The summed E-state index contributed by atoms with van der Waals surface area (Å²) in [6.07, 6.45) is 0.967. The number of ether oxygens (including phenoxy) is 2. The average molecular weight is 273 g/mol. The van der Waals surface area contributed by atoms with Crippen molar-refractivity contribution in [2.24, 2.45) is 0 Å². The molecule has 1 atom stereocenters. The third-order valence-electron chi connectivity index (χ3n) is 3.40. The van der Waals surface area contributed by atoms with Crippen molar-refractivity contribution in [3.05, 3.63) is 53.8 Å². The molecular weight excluding hydrogens is 257 g/mol. The molecule has 0 spiro atoms. The zero-order chi connectivity index (χ0) is 13.9. The Balaban J connectivity index is 1.64. The quantitative estimate of drug-likeness (QED) is 0.927. The number of methoxy groups -OCH3 is 1. The molecule has 1 N–H and O–H groups in total. The number of benzene rings is 2. The summed E-state index contributed by atoms with van der Waals surface area (Å²) in [5.74, 6) is 1.14. The van der Waals surface area contributed by atoms with Crippen molar-refractivity contribution in [3.8, 4) is 11.5 Å². The number of hydrogen-bond acceptors (Lipinski definition) is 3. The molecule has 0 aliphatic carbocycles. The minimum absolute atomic E-state index is 0.0853. The monoisotopic (exact) mass is 273 g/mol. The van der Waals surface area contributed by atoms with Crippen LogP contribution in [0.1, 0.15) is 5.56 Å². The Kier molecular flexibility index (Phi) is 3.46. The van der Waals surface area contributed by atoms with Crippen LogP contribution in [0.5, 0.6) is 11.5 Å². The van der Waals surface area contributed by atoms with Crippen molar-refractivity contribution in [1.29, 1.82) is 0 Å². The minimum atomic E-state index is -0.308. The van der Waals surface area contributed by atoms with Crippen LogP contribution in [0.2, 0.25) is 0 Å². The van der Waals surface area contributed by atoms with Gasteiger partial charge in [0.25, 0.3) is 0 Å². The van der Waals surface area contributed by atoms with Crippen molar-refractivity contribution in [1.82, 2.24) is 0 Å². The topological polar surface area (TPSA) is 30.5 Å². The van der Waals surface area contributed by atoms with Crippen LogP contribution in [0.15, 0.2) is 42.5 Å². The van der Waals surface area contributed by atoms with E-state index in [0.717, 1.165) is 17.9 Å². The summed E-state index contributed by atoms with van der Waals surface area (Å²) in [6, 6.07) is 12.5. The van der Waals surface area contributed by atoms with E-state index in [1.807, 2.05) is 18.2 Å². The molecule has 0 saturated heterocycles. The molecule has 3 rings (SSSR count). The van der Waals surface area contributed by atoms with Crippen LogP contribution in [0.4, 0.5) is 10.1 Å². The van der Waals surface area contributed by atoms with Gasteiger partial charge in [-0.05, 0) is 23.8 Å². The maximum absolute atomic E-state index is 13.1. The van der Waals surface area contributed by atoms with Crippen molar-refractivity contribution in [3.63, 3.8) is 0 Å². The predicted molar refractivity (Wildman–Crippen MR) is 76.0 cm³/mol. The normalized spacial score (nSPS) is 16.4. The molecule has 0 radical (unpaired) electrons. The highest BCUT2D eigenvalue weighted by molar-refractivity contribution is 5.56. The number of anilines is 1. The zero-order valence-corrected chi connectivity index (χ0v) is 11.2. The van der Waals surface area contributed by atoms with Crippen molar-refractivity contribution in [2.45, 2.75) is 12.5 Å². The highest BCUT2D eigenvalue weighted by Gasteiger charge is 2.22. The smallest absolute Gasteiger partial charge is 0.144 e. The fraction of sp³-hybridized carbons (Fsp3) is 0.250. The number of para-hydroxylation sites is 1. The lowest BCUT2D eigenvalue weighted by molar-refractivity contribution is 0.246. The van der Waals surface area contributed by atoms with Crippen LogP contribution in [-0.2, 0) is 6.42 Å². The fourth-order valence-corrected chi connectivity index (χ4v) is 2.40. The van der Waals surface area contributed by atoms with E-state index >= 15 is 0 Å². The lowest BCUT2D eigenvalue weighted by Gasteiger charge is -2.15. The summed E-state index contributed by atoms with van der Waals surface area (Å²) in [5, 5.41) is 3.25. The van der Waals surface area contributed by atoms with Gasteiger partial charge in [-0.3, -0.25) is 0 Å². The highest BCUT2D eigenvalue weighted by atomic mass is 19.1. The summed E-state index contributed by atoms with van der Waals surface area (Å²) in [6.45, 7) is 0.649. The molecule has 1 aliphatic heterocycles. The molecule has 4 heteroatoms. The summed E-state index contributed by atoms with van der Waals surface area (Å²) >= 11 is 0. The molecule has 104 valence electrons. The first-order valence-electron chi connectivity index (χ1n) is 6.58. The molecule has 20 heavy (non-hydrogen) atoms. The number of fused-ring (bicyclic) bond motifs is 1. The Morgan fingerprint density at radius 2 is 2.15 bits per heavy atom. The fourth-order valence-electron chi connectivity index (χ4n) is 2.40. The van der Waals surface area contributed by atoms with E-state index in [2.05, 4.69) is 11.4 Å². The molecule has 0 bridgehead atoms. The first-order valence-corrected chi connectivity index (χ1v) is 6.58. The Hall–Kier alpha value is -2.23. The molecule has 0 saturated carbocycles. The first-order chi connectivity index (χ1) is 9.76. The second-order valence-electron chi connectivity index (χ2n) is 4.78. The Morgan fingerprint density at radius 1 is 1.30 bits per heavy atom. The van der Waals surface area contributed by atoms with Crippen LogP contribution in [0.25, 0.3) is 0 Å². The van der Waals surface area contributed by atoms with Gasteiger partial charge in [-0.1, -0.05) is 18.2 Å². The van der Waals surface area contributed by atoms with E-state index in [-0.39, 0.29) is 11.9 Å². The van der Waals surface area contributed by atoms with Crippen LogP contribution in [0, 0.1) is 5.82 Å². The number of rotatable bonds is 4.